The minimum Gasteiger partial charge on any atom is -0.348 e. The third-order valence-corrected chi connectivity index (χ3v) is 3.04. The van der Waals surface area contributed by atoms with Crippen LogP contribution in [0.15, 0.2) is 18.2 Å². The minimum absolute atomic E-state index is 0.0310. The summed E-state index contributed by atoms with van der Waals surface area (Å²) in [7, 11) is 0. The van der Waals surface area contributed by atoms with E-state index in [0.717, 1.165) is 12.0 Å². The first-order valence-corrected chi connectivity index (χ1v) is 5.96. The average Bonchev–Trinajstić information content (AvgIpc) is 2.31. The molecule has 1 amide bonds. The van der Waals surface area contributed by atoms with E-state index in [1.807, 2.05) is 13.8 Å². The summed E-state index contributed by atoms with van der Waals surface area (Å²) in [4.78, 5) is 11.9. The molecule has 1 atom stereocenters. The molecular formula is C14H16ClNO. The van der Waals surface area contributed by atoms with Gasteiger partial charge in [0.05, 0.1) is 0 Å². The van der Waals surface area contributed by atoms with Gasteiger partial charge in [-0.25, -0.2) is 0 Å². The first kappa shape index (κ1) is 13.6. The van der Waals surface area contributed by atoms with Crippen LogP contribution in [-0.4, -0.2) is 11.9 Å². The Morgan fingerprint density at radius 3 is 2.82 bits per heavy atom. The van der Waals surface area contributed by atoms with Crippen LogP contribution in [0.25, 0.3) is 0 Å². The molecule has 0 heterocycles. The Hall–Kier alpha value is -1.46. The lowest BCUT2D eigenvalue weighted by Gasteiger charge is -2.14. The monoisotopic (exact) mass is 249 g/mol. The second-order valence-corrected chi connectivity index (χ2v) is 4.36. The highest BCUT2D eigenvalue weighted by atomic mass is 35.5. The molecule has 17 heavy (non-hydrogen) atoms. The molecule has 0 bridgehead atoms. The quantitative estimate of drug-likeness (QED) is 0.816. The van der Waals surface area contributed by atoms with E-state index in [2.05, 4.69) is 11.2 Å². The van der Waals surface area contributed by atoms with Crippen LogP contribution in [0.3, 0.4) is 0 Å². The van der Waals surface area contributed by atoms with Crippen LogP contribution < -0.4 is 5.32 Å². The van der Waals surface area contributed by atoms with Gasteiger partial charge in [-0.1, -0.05) is 18.5 Å². The van der Waals surface area contributed by atoms with Gasteiger partial charge in [-0.05, 0) is 37.1 Å². The highest BCUT2D eigenvalue weighted by Crippen LogP contribution is 2.16. The number of halogens is 1. The van der Waals surface area contributed by atoms with Gasteiger partial charge in [-0.15, -0.1) is 12.3 Å². The van der Waals surface area contributed by atoms with Gasteiger partial charge in [-0.3, -0.25) is 4.79 Å². The van der Waals surface area contributed by atoms with Crippen LogP contribution >= 0.6 is 11.6 Å². The Balaban J connectivity index is 2.76. The number of rotatable bonds is 4. The summed E-state index contributed by atoms with van der Waals surface area (Å²) >= 11 is 5.91. The highest BCUT2D eigenvalue weighted by Gasteiger charge is 2.11. The third-order valence-electron chi connectivity index (χ3n) is 2.61. The number of carbonyl (C=O) groups is 1. The Morgan fingerprint density at radius 1 is 1.59 bits per heavy atom. The third kappa shape index (κ3) is 3.80. The van der Waals surface area contributed by atoms with E-state index in [-0.39, 0.29) is 11.9 Å². The van der Waals surface area contributed by atoms with Gasteiger partial charge in [0, 0.05) is 23.0 Å². The summed E-state index contributed by atoms with van der Waals surface area (Å²) in [5.74, 6) is 2.46. The molecule has 0 spiro atoms. The SMILES string of the molecule is C#CCC(CC)NC(=O)c1ccc(Cl)c(C)c1. The van der Waals surface area contributed by atoms with Gasteiger partial charge >= 0.3 is 0 Å². The zero-order chi connectivity index (χ0) is 12.8. The summed E-state index contributed by atoms with van der Waals surface area (Å²) in [6.07, 6.45) is 6.62. The number of terminal acetylenes is 1. The standard InChI is InChI=1S/C14H16ClNO/c1-4-6-12(5-2)16-14(17)11-7-8-13(15)10(3)9-11/h1,7-9,12H,5-6H2,2-3H3,(H,16,17). The Labute approximate surface area is 107 Å². The lowest BCUT2D eigenvalue weighted by molar-refractivity contribution is 0.0936. The van der Waals surface area contributed by atoms with E-state index >= 15 is 0 Å². The van der Waals surface area contributed by atoms with Crippen LogP contribution in [0, 0.1) is 19.3 Å². The lowest BCUT2D eigenvalue weighted by atomic mass is 10.1. The predicted molar refractivity (Wildman–Crippen MR) is 71.2 cm³/mol. The summed E-state index contributed by atoms with van der Waals surface area (Å²) in [6.45, 7) is 3.87. The molecule has 2 nitrogen and oxygen atoms in total. The van der Waals surface area contributed by atoms with Crippen LogP contribution in [0.1, 0.15) is 35.7 Å². The number of benzene rings is 1. The molecule has 0 fully saturated rings. The molecule has 0 aliphatic carbocycles. The molecule has 90 valence electrons. The summed E-state index contributed by atoms with van der Waals surface area (Å²) in [5, 5.41) is 3.57. The summed E-state index contributed by atoms with van der Waals surface area (Å²) < 4.78 is 0. The number of carbonyl (C=O) groups excluding carboxylic acids is 1. The van der Waals surface area contributed by atoms with Gasteiger partial charge in [0.25, 0.3) is 5.91 Å². The second-order valence-electron chi connectivity index (χ2n) is 3.95. The fraction of sp³-hybridized carbons (Fsp3) is 0.357. The fourth-order valence-electron chi connectivity index (χ4n) is 1.49. The molecular weight excluding hydrogens is 234 g/mol. The van der Waals surface area contributed by atoms with Crippen molar-refractivity contribution >= 4 is 17.5 Å². The van der Waals surface area contributed by atoms with Crippen LogP contribution in [0.2, 0.25) is 5.02 Å². The Bertz CT molecular complexity index is 448. The molecule has 1 unspecified atom stereocenters. The van der Waals surface area contributed by atoms with E-state index in [1.54, 1.807) is 18.2 Å². The molecule has 0 aromatic heterocycles. The van der Waals surface area contributed by atoms with Crippen molar-refractivity contribution in [2.24, 2.45) is 0 Å². The average molecular weight is 250 g/mol. The van der Waals surface area contributed by atoms with Crippen molar-refractivity contribution in [1.29, 1.82) is 0 Å². The summed E-state index contributed by atoms with van der Waals surface area (Å²) in [6, 6.07) is 5.25. The molecule has 1 N–H and O–H groups in total. The van der Waals surface area contributed by atoms with Gasteiger partial charge in [-0.2, -0.15) is 0 Å². The van der Waals surface area contributed by atoms with Crippen molar-refractivity contribution in [3.63, 3.8) is 0 Å². The van der Waals surface area contributed by atoms with E-state index in [0.29, 0.717) is 17.0 Å². The van der Waals surface area contributed by atoms with Crippen molar-refractivity contribution in [2.45, 2.75) is 32.7 Å². The second kappa shape index (κ2) is 6.32. The number of aryl methyl sites for hydroxylation is 1. The van der Waals surface area contributed by atoms with Crippen molar-refractivity contribution in [1.82, 2.24) is 5.32 Å². The maximum atomic E-state index is 11.9. The Morgan fingerprint density at radius 2 is 2.29 bits per heavy atom. The molecule has 0 saturated carbocycles. The maximum absolute atomic E-state index is 11.9. The van der Waals surface area contributed by atoms with E-state index in [4.69, 9.17) is 18.0 Å². The van der Waals surface area contributed by atoms with Crippen LogP contribution in [0.5, 0.6) is 0 Å². The number of amides is 1. The molecule has 0 aliphatic rings. The topological polar surface area (TPSA) is 29.1 Å². The van der Waals surface area contributed by atoms with Crippen molar-refractivity contribution in [2.75, 3.05) is 0 Å². The highest BCUT2D eigenvalue weighted by molar-refractivity contribution is 6.31. The molecule has 1 aromatic rings. The number of nitrogens with one attached hydrogen (secondary N) is 1. The van der Waals surface area contributed by atoms with E-state index < -0.39 is 0 Å². The molecule has 3 heteroatoms. The first-order valence-electron chi connectivity index (χ1n) is 5.59. The molecule has 1 aromatic carbocycles. The van der Waals surface area contributed by atoms with Crippen molar-refractivity contribution in [3.05, 3.63) is 34.3 Å². The van der Waals surface area contributed by atoms with Gasteiger partial charge in [0.15, 0.2) is 0 Å². The number of hydrogen-bond acceptors (Lipinski definition) is 1. The van der Waals surface area contributed by atoms with Gasteiger partial charge < -0.3 is 5.32 Å². The van der Waals surface area contributed by atoms with Gasteiger partial charge in [0.1, 0.15) is 0 Å². The normalized spacial score (nSPS) is 11.6. The zero-order valence-corrected chi connectivity index (χ0v) is 10.8. The lowest BCUT2D eigenvalue weighted by Crippen LogP contribution is -2.34. The van der Waals surface area contributed by atoms with Gasteiger partial charge in [0.2, 0.25) is 0 Å². The van der Waals surface area contributed by atoms with Crippen LogP contribution in [-0.2, 0) is 0 Å². The Kier molecular flexibility index (Phi) is 5.06. The van der Waals surface area contributed by atoms with Crippen molar-refractivity contribution in [3.8, 4) is 12.3 Å². The smallest absolute Gasteiger partial charge is 0.251 e. The fourth-order valence-corrected chi connectivity index (χ4v) is 1.61. The molecule has 1 rings (SSSR count). The summed E-state index contributed by atoms with van der Waals surface area (Å²) in [5.41, 5.74) is 1.51. The maximum Gasteiger partial charge on any atom is 0.251 e. The first-order chi connectivity index (χ1) is 8.08. The zero-order valence-electron chi connectivity index (χ0n) is 10.1. The molecule has 0 aliphatic heterocycles. The van der Waals surface area contributed by atoms with E-state index in [9.17, 15) is 4.79 Å². The molecule has 0 radical (unpaired) electrons. The van der Waals surface area contributed by atoms with Crippen molar-refractivity contribution < 1.29 is 4.79 Å². The van der Waals surface area contributed by atoms with Crippen LogP contribution in [0.4, 0.5) is 0 Å². The largest absolute Gasteiger partial charge is 0.348 e. The molecule has 0 saturated heterocycles. The van der Waals surface area contributed by atoms with E-state index in [1.165, 1.54) is 0 Å². The minimum atomic E-state index is -0.105. The predicted octanol–water partition coefficient (Wildman–Crippen LogP) is 3.18. The number of hydrogen-bond donors (Lipinski definition) is 1.